The van der Waals surface area contributed by atoms with E-state index in [2.05, 4.69) is 15.5 Å². The topological polar surface area (TPSA) is 68.0 Å². The van der Waals surface area contributed by atoms with Crippen molar-refractivity contribution in [1.82, 2.24) is 15.5 Å². The Morgan fingerprint density at radius 3 is 2.95 bits per heavy atom. The maximum atomic E-state index is 11.4. The van der Waals surface area contributed by atoms with Crippen LogP contribution in [0.2, 0.25) is 0 Å². The highest BCUT2D eigenvalue weighted by Crippen LogP contribution is 2.17. The van der Waals surface area contributed by atoms with E-state index in [1.165, 1.54) is 0 Å². The molecule has 0 saturated heterocycles. The first-order chi connectivity index (χ1) is 9.19. The summed E-state index contributed by atoms with van der Waals surface area (Å²) in [5, 5.41) is 6.76. The summed E-state index contributed by atoms with van der Waals surface area (Å²) in [6, 6.07) is 7.75. The molecule has 0 unspecified atom stereocenters. The molecule has 1 aromatic carbocycles. The van der Waals surface area contributed by atoms with Crippen molar-refractivity contribution in [2.75, 3.05) is 0 Å². The van der Waals surface area contributed by atoms with E-state index in [0.29, 0.717) is 24.7 Å². The summed E-state index contributed by atoms with van der Waals surface area (Å²) < 4.78 is 4.96. The van der Waals surface area contributed by atoms with Crippen LogP contribution in [-0.4, -0.2) is 16.0 Å². The van der Waals surface area contributed by atoms with Crippen LogP contribution in [0.1, 0.15) is 31.2 Å². The highest BCUT2D eigenvalue weighted by atomic mass is 16.5. The second-order valence-corrected chi connectivity index (χ2v) is 4.36. The van der Waals surface area contributed by atoms with E-state index >= 15 is 0 Å². The lowest BCUT2D eigenvalue weighted by Gasteiger charge is -2.05. The minimum atomic E-state index is 0.0725. The van der Waals surface area contributed by atoms with Gasteiger partial charge < -0.3 is 9.84 Å². The monoisotopic (exact) mass is 259 g/mol. The Balaban J connectivity index is 2.05. The molecule has 0 aliphatic carbocycles. The fourth-order valence-corrected chi connectivity index (χ4v) is 1.75. The number of aryl methyl sites for hydroxylation is 1. The summed E-state index contributed by atoms with van der Waals surface area (Å²) in [7, 11) is 0. The van der Waals surface area contributed by atoms with Crippen molar-refractivity contribution in [3.8, 4) is 11.4 Å². The third-order valence-electron chi connectivity index (χ3n) is 2.68. The molecule has 0 fully saturated rings. The number of nitrogens with zero attached hydrogens (tertiary/aromatic N) is 2. The number of carbonyl (C=O) groups is 1. The summed E-state index contributed by atoms with van der Waals surface area (Å²) in [6.07, 6.45) is 1.41. The third-order valence-corrected chi connectivity index (χ3v) is 2.68. The van der Waals surface area contributed by atoms with Gasteiger partial charge in [0.1, 0.15) is 0 Å². The van der Waals surface area contributed by atoms with E-state index in [9.17, 15) is 4.79 Å². The molecule has 100 valence electrons. The fourth-order valence-electron chi connectivity index (χ4n) is 1.75. The van der Waals surface area contributed by atoms with E-state index in [-0.39, 0.29) is 5.91 Å². The van der Waals surface area contributed by atoms with Crippen LogP contribution in [0.15, 0.2) is 28.8 Å². The largest absolute Gasteiger partial charge is 0.352 e. The van der Waals surface area contributed by atoms with Gasteiger partial charge in [0.2, 0.25) is 17.6 Å². The number of aromatic nitrogens is 2. The summed E-state index contributed by atoms with van der Waals surface area (Å²) in [4.78, 5) is 15.6. The van der Waals surface area contributed by atoms with Crippen LogP contribution in [0.5, 0.6) is 0 Å². The smallest absolute Gasteiger partial charge is 0.223 e. The van der Waals surface area contributed by atoms with Crippen LogP contribution >= 0.6 is 0 Å². The summed E-state index contributed by atoms with van der Waals surface area (Å²) >= 11 is 0. The lowest BCUT2D eigenvalue weighted by molar-refractivity contribution is -0.121. The number of carbonyl (C=O) groups excluding carboxylic acids is 1. The average molecular weight is 259 g/mol. The van der Waals surface area contributed by atoms with E-state index in [1.54, 1.807) is 6.92 Å². The second-order valence-electron chi connectivity index (χ2n) is 4.36. The molecule has 1 N–H and O–H groups in total. The van der Waals surface area contributed by atoms with Crippen molar-refractivity contribution in [1.29, 1.82) is 0 Å². The van der Waals surface area contributed by atoms with Crippen molar-refractivity contribution in [2.45, 2.75) is 33.2 Å². The third kappa shape index (κ3) is 3.64. The molecule has 5 heteroatoms. The molecule has 1 heterocycles. The summed E-state index contributed by atoms with van der Waals surface area (Å²) in [5.41, 5.74) is 1.91. The molecule has 1 amide bonds. The van der Waals surface area contributed by atoms with E-state index in [0.717, 1.165) is 17.5 Å². The number of rotatable bonds is 5. The lowest BCUT2D eigenvalue weighted by Crippen LogP contribution is -2.22. The maximum absolute atomic E-state index is 11.4. The minimum absolute atomic E-state index is 0.0725. The number of hydrogen-bond donors (Lipinski definition) is 1. The number of benzene rings is 1. The van der Waals surface area contributed by atoms with Crippen LogP contribution < -0.4 is 5.32 Å². The van der Waals surface area contributed by atoms with Gasteiger partial charge >= 0.3 is 0 Å². The minimum Gasteiger partial charge on any atom is -0.352 e. The molecule has 0 spiro atoms. The zero-order valence-corrected chi connectivity index (χ0v) is 11.1. The van der Waals surface area contributed by atoms with Gasteiger partial charge in [-0.05, 0) is 18.1 Å². The summed E-state index contributed by atoms with van der Waals surface area (Å²) in [5.74, 6) is 1.18. The summed E-state index contributed by atoms with van der Waals surface area (Å²) in [6.45, 7) is 4.26. The second kappa shape index (κ2) is 6.13. The highest BCUT2D eigenvalue weighted by molar-refractivity contribution is 5.75. The molecular formula is C14H17N3O2. The molecule has 0 bridgehead atoms. The van der Waals surface area contributed by atoms with Crippen molar-refractivity contribution >= 4 is 5.91 Å². The van der Waals surface area contributed by atoms with Gasteiger partial charge in [-0.25, -0.2) is 0 Å². The quantitative estimate of drug-likeness (QED) is 0.895. The van der Waals surface area contributed by atoms with Gasteiger partial charge in [0.15, 0.2) is 0 Å². The van der Waals surface area contributed by atoms with Crippen LogP contribution in [0.25, 0.3) is 11.4 Å². The number of nitrogens with one attached hydrogen (secondary N) is 1. The Morgan fingerprint density at radius 1 is 1.42 bits per heavy atom. The van der Waals surface area contributed by atoms with Crippen LogP contribution in [-0.2, 0) is 11.3 Å². The molecule has 2 rings (SSSR count). The van der Waals surface area contributed by atoms with Gasteiger partial charge in [0.05, 0.1) is 0 Å². The van der Waals surface area contributed by atoms with Gasteiger partial charge in [0, 0.05) is 25.5 Å². The predicted molar refractivity (Wildman–Crippen MR) is 71.2 cm³/mol. The predicted octanol–water partition coefficient (Wildman–Crippen LogP) is 2.46. The first-order valence-electron chi connectivity index (χ1n) is 6.35. The maximum Gasteiger partial charge on any atom is 0.223 e. The molecular weight excluding hydrogens is 242 g/mol. The number of amides is 1. The molecule has 0 aliphatic rings. The van der Waals surface area contributed by atoms with Gasteiger partial charge in [-0.3, -0.25) is 4.79 Å². The van der Waals surface area contributed by atoms with Gasteiger partial charge in [-0.1, -0.05) is 30.3 Å². The highest BCUT2D eigenvalue weighted by Gasteiger charge is 2.06. The van der Waals surface area contributed by atoms with E-state index in [4.69, 9.17) is 4.52 Å². The van der Waals surface area contributed by atoms with Crippen molar-refractivity contribution < 1.29 is 9.32 Å². The van der Waals surface area contributed by atoms with Crippen LogP contribution in [0.3, 0.4) is 0 Å². The average Bonchev–Trinajstić information content (AvgIpc) is 2.84. The lowest BCUT2D eigenvalue weighted by atomic mass is 10.1. The normalized spacial score (nSPS) is 10.4. The van der Waals surface area contributed by atoms with Gasteiger partial charge in [0.25, 0.3) is 0 Å². The Hall–Kier alpha value is -2.17. The Kier molecular flexibility index (Phi) is 4.28. The van der Waals surface area contributed by atoms with Gasteiger partial charge in [-0.2, -0.15) is 4.98 Å². The zero-order valence-electron chi connectivity index (χ0n) is 11.1. The van der Waals surface area contributed by atoms with Crippen molar-refractivity contribution in [3.63, 3.8) is 0 Å². The fraction of sp³-hybridized carbons (Fsp3) is 0.357. The first-order valence-corrected chi connectivity index (χ1v) is 6.35. The standard InChI is InChI=1S/C14H17N3O2/c1-3-5-13(18)15-9-11-6-4-7-12(8-11)14-16-10(2)19-17-14/h4,6-8H,3,5,9H2,1-2H3,(H,15,18). The molecule has 0 aliphatic heterocycles. The molecule has 2 aromatic rings. The first kappa shape index (κ1) is 13.3. The van der Waals surface area contributed by atoms with Crippen molar-refractivity contribution in [3.05, 3.63) is 35.7 Å². The van der Waals surface area contributed by atoms with Gasteiger partial charge in [-0.15, -0.1) is 0 Å². The molecule has 19 heavy (non-hydrogen) atoms. The molecule has 5 nitrogen and oxygen atoms in total. The molecule has 0 atom stereocenters. The van der Waals surface area contributed by atoms with Crippen LogP contribution in [0, 0.1) is 6.92 Å². The Labute approximate surface area is 112 Å². The molecule has 1 aromatic heterocycles. The Bertz CT molecular complexity index is 563. The van der Waals surface area contributed by atoms with E-state index < -0.39 is 0 Å². The zero-order chi connectivity index (χ0) is 13.7. The molecule has 0 radical (unpaired) electrons. The SMILES string of the molecule is CCCC(=O)NCc1cccc(-c2noc(C)n2)c1. The number of hydrogen-bond acceptors (Lipinski definition) is 4. The van der Waals surface area contributed by atoms with Crippen molar-refractivity contribution in [2.24, 2.45) is 0 Å². The van der Waals surface area contributed by atoms with Crippen LogP contribution in [0.4, 0.5) is 0 Å². The molecule has 0 saturated carbocycles. The Morgan fingerprint density at radius 2 is 2.26 bits per heavy atom. The van der Waals surface area contributed by atoms with E-state index in [1.807, 2.05) is 31.2 Å².